The predicted molar refractivity (Wildman–Crippen MR) is 70.9 cm³/mol. The SMILES string of the molecule is CN(Cc1cnn(C)c1)C(=O)c1cn(C2CNC2)nn1. The Morgan fingerprint density at radius 1 is 1.50 bits per heavy atom. The first-order chi connectivity index (χ1) is 9.63. The molecule has 1 aliphatic heterocycles. The van der Waals surface area contributed by atoms with Gasteiger partial charge in [-0.2, -0.15) is 5.10 Å². The second-order valence-corrected chi connectivity index (χ2v) is 5.08. The minimum Gasteiger partial charge on any atom is -0.336 e. The lowest BCUT2D eigenvalue weighted by Crippen LogP contribution is -2.43. The molecule has 3 heterocycles. The van der Waals surface area contributed by atoms with Crippen molar-refractivity contribution in [1.82, 2.24) is 35.0 Å². The summed E-state index contributed by atoms with van der Waals surface area (Å²) in [4.78, 5) is 13.9. The summed E-state index contributed by atoms with van der Waals surface area (Å²) in [5, 5.41) is 15.2. The summed E-state index contributed by atoms with van der Waals surface area (Å²) in [5.74, 6) is -0.132. The Morgan fingerprint density at radius 2 is 2.30 bits per heavy atom. The van der Waals surface area contributed by atoms with E-state index in [1.807, 2.05) is 13.2 Å². The highest BCUT2D eigenvalue weighted by Gasteiger charge is 2.23. The summed E-state index contributed by atoms with van der Waals surface area (Å²) in [6.45, 7) is 2.26. The highest BCUT2D eigenvalue weighted by atomic mass is 16.2. The Bertz CT molecular complexity index is 613. The molecule has 106 valence electrons. The molecule has 0 aliphatic carbocycles. The number of rotatable bonds is 4. The average Bonchev–Trinajstić information content (AvgIpc) is 2.96. The molecular weight excluding hydrogens is 258 g/mol. The lowest BCUT2D eigenvalue weighted by atomic mass is 10.2. The Kier molecular flexibility index (Phi) is 3.23. The van der Waals surface area contributed by atoms with Crippen LogP contribution < -0.4 is 5.32 Å². The quantitative estimate of drug-likeness (QED) is 0.808. The molecule has 0 radical (unpaired) electrons. The zero-order valence-electron chi connectivity index (χ0n) is 11.5. The zero-order valence-corrected chi connectivity index (χ0v) is 11.5. The summed E-state index contributed by atoms with van der Waals surface area (Å²) in [5.41, 5.74) is 1.36. The summed E-state index contributed by atoms with van der Waals surface area (Å²) in [6, 6.07) is 0.313. The van der Waals surface area contributed by atoms with E-state index in [2.05, 4.69) is 20.7 Å². The van der Waals surface area contributed by atoms with Crippen molar-refractivity contribution in [3.05, 3.63) is 29.8 Å². The zero-order chi connectivity index (χ0) is 14.1. The van der Waals surface area contributed by atoms with Gasteiger partial charge in [0.15, 0.2) is 5.69 Å². The van der Waals surface area contributed by atoms with E-state index < -0.39 is 0 Å². The fourth-order valence-corrected chi connectivity index (χ4v) is 2.11. The molecule has 0 saturated carbocycles. The van der Waals surface area contributed by atoms with E-state index in [1.165, 1.54) is 0 Å². The Morgan fingerprint density at radius 3 is 2.90 bits per heavy atom. The molecule has 0 aromatic carbocycles. The van der Waals surface area contributed by atoms with Gasteiger partial charge >= 0.3 is 0 Å². The molecule has 1 aliphatic rings. The molecule has 2 aromatic heterocycles. The first kappa shape index (κ1) is 12.8. The van der Waals surface area contributed by atoms with Crippen LogP contribution in [-0.2, 0) is 13.6 Å². The predicted octanol–water partition coefficient (Wildman–Crippen LogP) is -0.572. The summed E-state index contributed by atoms with van der Waals surface area (Å²) in [6.07, 6.45) is 5.36. The maximum Gasteiger partial charge on any atom is 0.276 e. The third kappa shape index (κ3) is 2.42. The number of nitrogens with zero attached hydrogens (tertiary/aromatic N) is 6. The maximum atomic E-state index is 12.3. The highest BCUT2D eigenvalue weighted by Crippen LogP contribution is 2.11. The molecule has 0 unspecified atom stereocenters. The fraction of sp³-hybridized carbons (Fsp3) is 0.500. The third-order valence-corrected chi connectivity index (χ3v) is 3.39. The second kappa shape index (κ2) is 5.04. The minimum absolute atomic E-state index is 0.132. The van der Waals surface area contributed by atoms with Crippen LogP contribution in [0.2, 0.25) is 0 Å². The fourth-order valence-electron chi connectivity index (χ4n) is 2.11. The van der Waals surface area contributed by atoms with Crippen molar-refractivity contribution in [3.8, 4) is 0 Å². The summed E-state index contributed by atoms with van der Waals surface area (Å²) < 4.78 is 3.47. The number of hydrogen-bond acceptors (Lipinski definition) is 5. The minimum atomic E-state index is -0.132. The first-order valence-electron chi connectivity index (χ1n) is 6.49. The third-order valence-electron chi connectivity index (χ3n) is 3.39. The van der Waals surface area contributed by atoms with Gasteiger partial charge in [-0.05, 0) is 0 Å². The van der Waals surface area contributed by atoms with Crippen LogP contribution in [0.25, 0.3) is 0 Å². The first-order valence-corrected chi connectivity index (χ1v) is 6.49. The van der Waals surface area contributed by atoms with Gasteiger partial charge in [-0.25, -0.2) is 4.68 Å². The molecule has 20 heavy (non-hydrogen) atoms. The average molecular weight is 275 g/mol. The molecule has 1 saturated heterocycles. The van der Waals surface area contributed by atoms with E-state index in [0.717, 1.165) is 18.7 Å². The van der Waals surface area contributed by atoms with Crippen LogP contribution in [0, 0.1) is 0 Å². The van der Waals surface area contributed by atoms with Gasteiger partial charge in [-0.1, -0.05) is 5.21 Å². The summed E-state index contributed by atoms with van der Waals surface area (Å²) in [7, 11) is 3.60. The van der Waals surface area contributed by atoms with Crippen LogP contribution >= 0.6 is 0 Å². The van der Waals surface area contributed by atoms with Crippen LogP contribution in [0.5, 0.6) is 0 Å². The van der Waals surface area contributed by atoms with Crippen molar-refractivity contribution in [3.63, 3.8) is 0 Å². The van der Waals surface area contributed by atoms with Gasteiger partial charge in [0.1, 0.15) is 0 Å². The van der Waals surface area contributed by atoms with E-state index in [4.69, 9.17) is 0 Å². The lowest BCUT2D eigenvalue weighted by molar-refractivity contribution is 0.0779. The van der Waals surface area contributed by atoms with E-state index in [-0.39, 0.29) is 5.91 Å². The lowest BCUT2D eigenvalue weighted by Gasteiger charge is -2.26. The topological polar surface area (TPSA) is 80.9 Å². The van der Waals surface area contributed by atoms with Gasteiger partial charge in [0.2, 0.25) is 0 Å². The molecule has 0 atom stereocenters. The Hall–Kier alpha value is -2.22. The molecule has 0 bridgehead atoms. The molecule has 8 heteroatoms. The Balaban J connectivity index is 1.66. The van der Waals surface area contributed by atoms with Gasteiger partial charge in [-0.15, -0.1) is 5.10 Å². The summed E-state index contributed by atoms with van der Waals surface area (Å²) >= 11 is 0. The monoisotopic (exact) mass is 275 g/mol. The second-order valence-electron chi connectivity index (χ2n) is 5.08. The molecule has 2 aromatic rings. The van der Waals surface area contributed by atoms with Gasteiger partial charge in [0.05, 0.1) is 18.4 Å². The van der Waals surface area contributed by atoms with Gasteiger partial charge in [0.25, 0.3) is 5.91 Å². The molecule has 3 rings (SSSR count). The van der Waals surface area contributed by atoms with Crippen molar-refractivity contribution in [2.24, 2.45) is 7.05 Å². The van der Waals surface area contributed by atoms with Gasteiger partial charge < -0.3 is 10.2 Å². The molecule has 1 fully saturated rings. The standard InChI is InChI=1S/C12H17N7O/c1-17(6-9-3-14-18(2)7-9)12(20)11-8-19(16-15-11)10-4-13-5-10/h3,7-8,10,13H,4-6H2,1-2H3. The van der Waals surface area contributed by atoms with Crippen LogP contribution in [0.1, 0.15) is 22.1 Å². The smallest absolute Gasteiger partial charge is 0.276 e. The van der Waals surface area contributed by atoms with Crippen molar-refractivity contribution in [2.45, 2.75) is 12.6 Å². The number of aromatic nitrogens is 5. The number of aryl methyl sites for hydroxylation is 1. The molecule has 0 spiro atoms. The van der Waals surface area contributed by atoms with Crippen molar-refractivity contribution in [1.29, 1.82) is 0 Å². The highest BCUT2D eigenvalue weighted by molar-refractivity contribution is 5.91. The number of amides is 1. The van der Waals surface area contributed by atoms with E-state index >= 15 is 0 Å². The van der Waals surface area contributed by atoms with Crippen LogP contribution in [0.3, 0.4) is 0 Å². The number of carbonyl (C=O) groups is 1. The number of nitrogens with one attached hydrogen (secondary N) is 1. The number of carbonyl (C=O) groups excluding carboxylic acids is 1. The van der Waals surface area contributed by atoms with Crippen molar-refractivity contribution in [2.75, 3.05) is 20.1 Å². The maximum absolute atomic E-state index is 12.3. The molecule has 1 N–H and O–H groups in total. The van der Waals surface area contributed by atoms with Crippen LogP contribution in [0.15, 0.2) is 18.6 Å². The van der Waals surface area contributed by atoms with Gasteiger partial charge in [-0.3, -0.25) is 9.48 Å². The van der Waals surface area contributed by atoms with E-state index in [0.29, 0.717) is 18.3 Å². The van der Waals surface area contributed by atoms with Gasteiger partial charge in [0, 0.05) is 45.5 Å². The molecule has 8 nitrogen and oxygen atoms in total. The van der Waals surface area contributed by atoms with Crippen LogP contribution in [0.4, 0.5) is 0 Å². The van der Waals surface area contributed by atoms with Crippen molar-refractivity contribution < 1.29 is 4.79 Å². The normalized spacial score (nSPS) is 15.1. The molecule has 1 amide bonds. The van der Waals surface area contributed by atoms with Crippen LogP contribution in [-0.4, -0.2) is 55.7 Å². The number of hydrogen-bond donors (Lipinski definition) is 1. The van der Waals surface area contributed by atoms with Crippen molar-refractivity contribution >= 4 is 5.91 Å². The van der Waals surface area contributed by atoms with E-state index in [9.17, 15) is 4.79 Å². The van der Waals surface area contributed by atoms with E-state index in [1.54, 1.807) is 33.7 Å². The molecular formula is C12H17N7O. The Labute approximate surface area is 116 Å². The largest absolute Gasteiger partial charge is 0.336 e.